The van der Waals surface area contributed by atoms with Crippen molar-refractivity contribution >= 4 is 87.4 Å². The fourth-order valence-electron chi connectivity index (χ4n) is 8.67. The first-order valence-corrected chi connectivity index (χ1v) is 17.9. The third kappa shape index (κ3) is 3.96. The summed E-state index contributed by atoms with van der Waals surface area (Å²) in [6.45, 7) is 0. The molecule has 4 aromatic heterocycles. The molecule has 0 amide bonds. The minimum absolute atomic E-state index is 0.532. The van der Waals surface area contributed by atoms with E-state index in [9.17, 15) is 0 Å². The van der Waals surface area contributed by atoms with Crippen molar-refractivity contribution in [1.82, 2.24) is 19.1 Å². The molecule has 0 atom stereocenters. The molecule has 0 aliphatic heterocycles. The number of hydrogen-bond acceptors (Lipinski definition) is 3. The van der Waals surface area contributed by atoms with Gasteiger partial charge >= 0.3 is 0 Å². The van der Waals surface area contributed by atoms with Crippen LogP contribution in [0.3, 0.4) is 0 Å². The third-order valence-corrected chi connectivity index (χ3v) is 11.0. The molecule has 0 aliphatic carbocycles. The lowest BCUT2D eigenvalue weighted by atomic mass is 9.98. The van der Waals surface area contributed by atoms with E-state index in [2.05, 4.69) is 173 Å². The lowest BCUT2D eigenvalue weighted by molar-refractivity contribution is 0.655. The Hall–Kier alpha value is -7.24. The number of benzene rings is 8. The Kier molecular flexibility index (Phi) is 5.71. The van der Waals surface area contributed by atoms with Crippen molar-refractivity contribution in [3.05, 3.63) is 170 Å². The summed E-state index contributed by atoms with van der Waals surface area (Å²) in [7, 11) is 0. The number of hydrogen-bond donors (Lipinski definition) is 0. The van der Waals surface area contributed by atoms with Gasteiger partial charge in [0.1, 0.15) is 11.1 Å². The lowest BCUT2D eigenvalue weighted by Crippen LogP contribution is -1.98. The zero-order chi connectivity index (χ0) is 34.6. The number of fused-ring (bicyclic) bond motifs is 14. The van der Waals surface area contributed by atoms with Crippen molar-refractivity contribution < 1.29 is 4.42 Å². The highest BCUT2D eigenvalue weighted by atomic mass is 16.3. The summed E-state index contributed by atoms with van der Waals surface area (Å²) in [6.07, 6.45) is 1.89. The Balaban J connectivity index is 1.05. The van der Waals surface area contributed by atoms with Gasteiger partial charge in [0, 0.05) is 32.6 Å². The summed E-state index contributed by atoms with van der Waals surface area (Å²) < 4.78 is 11.2. The Bertz CT molecular complexity index is 3460. The summed E-state index contributed by atoms with van der Waals surface area (Å²) in [6, 6.07) is 58.3. The third-order valence-electron chi connectivity index (χ3n) is 11.0. The van der Waals surface area contributed by atoms with Gasteiger partial charge in [0.15, 0.2) is 5.82 Å². The molecule has 0 unspecified atom stereocenters. The van der Waals surface area contributed by atoms with E-state index in [4.69, 9.17) is 14.4 Å². The quantitative estimate of drug-likeness (QED) is 0.175. The van der Waals surface area contributed by atoms with E-state index >= 15 is 0 Å². The summed E-state index contributed by atoms with van der Waals surface area (Å²) in [5.41, 5.74) is 10.2. The molecule has 0 radical (unpaired) electrons. The molecule has 12 aromatic rings. The highest BCUT2D eigenvalue weighted by molar-refractivity contribution is 6.29. The van der Waals surface area contributed by atoms with Crippen molar-refractivity contribution in [2.45, 2.75) is 0 Å². The summed E-state index contributed by atoms with van der Waals surface area (Å²) >= 11 is 0. The Morgan fingerprint density at radius 3 is 1.60 bits per heavy atom. The molecule has 4 heterocycles. The van der Waals surface area contributed by atoms with E-state index in [1.807, 2.05) is 6.20 Å². The van der Waals surface area contributed by atoms with Gasteiger partial charge in [-0.3, -0.25) is 4.57 Å². The monoisotopic (exact) mass is 676 g/mol. The van der Waals surface area contributed by atoms with Crippen LogP contribution in [0.5, 0.6) is 0 Å². The maximum Gasteiger partial charge on any atom is 0.248 e. The van der Waals surface area contributed by atoms with Gasteiger partial charge in [0.05, 0.1) is 33.6 Å². The van der Waals surface area contributed by atoms with E-state index in [0.717, 1.165) is 71.5 Å². The van der Waals surface area contributed by atoms with Gasteiger partial charge in [-0.05, 0) is 75.8 Å². The van der Waals surface area contributed by atoms with Crippen molar-refractivity contribution in [3.8, 4) is 22.6 Å². The van der Waals surface area contributed by atoms with Gasteiger partial charge in [-0.2, -0.15) is 4.98 Å². The minimum Gasteiger partial charge on any atom is -0.436 e. The highest BCUT2D eigenvalue weighted by Gasteiger charge is 2.20. The van der Waals surface area contributed by atoms with Crippen LogP contribution in [0, 0.1) is 0 Å². The van der Waals surface area contributed by atoms with E-state index in [0.29, 0.717) is 5.71 Å². The first kappa shape index (κ1) is 28.5. The second-order valence-electron chi connectivity index (χ2n) is 13.8. The van der Waals surface area contributed by atoms with Crippen molar-refractivity contribution in [3.63, 3.8) is 0 Å². The molecule has 0 saturated heterocycles. The second kappa shape index (κ2) is 10.6. The molecular formula is C48H28N4O. The Labute approximate surface area is 302 Å². The summed E-state index contributed by atoms with van der Waals surface area (Å²) in [5.74, 6) is 0.722. The van der Waals surface area contributed by atoms with Crippen LogP contribution in [-0.2, 0) is 0 Å². The van der Waals surface area contributed by atoms with E-state index in [1.54, 1.807) is 0 Å². The fraction of sp³-hybridized carbons (Fsp3) is 0. The molecular weight excluding hydrogens is 649 g/mol. The lowest BCUT2D eigenvalue weighted by Gasteiger charge is -2.09. The van der Waals surface area contributed by atoms with Crippen LogP contribution in [0.4, 0.5) is 0 Å². The van der Waals surface area contributed by atoms with Gasteiger partial charge in [0.2, 0.25) is 5.71 Å². The molecule has 12 rings (SSSR count). The zero-order valence-electron chi connectivity index (χ0n) is 28.4. The van der Waals surface area contributed by atoms with Crippen LogP contribution in [0.1, 0.15) is 0 Å². The van der Waals surface area contributed by atoms with E-state index < -0.39 is 0 Å². The molecule has 5 nitrogen and oxygen atoms in total. The molecule has 5 heteroatoms. The first-order chi connectivity index (χ1) is 26.3. The number of nitrogens with zero attached hydrogens (tertiary/aromatic N) is 4. The molecule has 0 aliphatic rings. The van der Waals surface area contributed by atoms with Crippen molar-refractivity contribution in [2.75, 3.05) is 0 Å². The second-order valence-corrected chi connectivity index (χ2v) is 13.8. The maximum atomic E-state index is 6.62. The van der Waals surface area contributed by atoms with Crippen LogP contribution in [0.15, 0.2) is 174 Å². The molecule has 53 heavy (non-hydrogen) atoms. The van der Waals surface area contributed by atoms with Gasteiger partial charge in [-0.15, -0.1) is 0 Å². The Morgan fingerprint density at radius 1 is 0.415 bits per heavy atom. The molecule has 8 aromatic carbocycles. The number of rotatable bonds is 3. The van der Waals surface area contributed by atoms with Crippen molar-refractivity contribution in [2.24, 2.45) is 0 Å². The molecule has 0 spiro atoms. The van der Waals surface area contributed by atoms with Crippen LogP contribution >= 0.6 is 0 Å². The SMILES string of the molecule is c1ccc(-n2c3ccccc3c3cc(-c4ccc5c(c4)c4ccccc4n5-c4cnc5c(n4)oc4c6ccccc6c6ccccc6c54)ccc32)cc1. The van der Waals surface area contributed by atoms with Gasteiger partial charge in [-0.1, -0.05) is 115 Å². The average molecular weight is 677 g/mol. The maximum absolute atomic E-state index is 6.62. The topological polar surface area (TPSA) is 48.8 Å². The normalized spacial score (nSPS) is 12.2. The smallest absolute Gasteiger partial charge is 0.248 e. The molecule has 0 bridgehead atoms. The van der Waals surface area contributed by atoms with E-state index in [-0.39, 0.29) is 0 Å². The van der Waals surface area contributed by atoms with Gasteiger partial charge < -0.3 is 8.98 Å². The van der Waals surface area contributed by atoms with Crippen LogP contribution in [0.2, 0.25) is 0 Å². The molecule has 0 N–H and O–H groups in total. The summed E-state index contributed by atoms with van der Waals surface area (Å²) in [5, 5.41) is 10.3. The average Bonchev–Trinajstić information content (AvgIpc) is 3.89. The highest BCUT2D eigenvalue weighted by Crippen LogP contribution is 2.41. The summed E-state index contributed by atoms with van der Waals surface area (Å²) in [4.78, 5) is 10.2. The van der Waals surface area contributed by atoms with E-state index in [1.165, 1.54) is 32.8 Å². The number of aromatic nitrogens is 4. The minimum atomic E-state index is 0.532. The predicted octanol–water partition coefficient (Wildman–Crippen LogP) is 12.5. The van der Waals surface area contributed by atoms with Crippen LogP contribution in [0.25, 0.3) is 110 Å². The van der Waals surface area contributed by atoms with Crippen LogP contribution in [-0.4, -0.2) is 19.1 Å². The molecule has 0 fully saturated rings. The molecule has 0 saturated carbocycles. The Morgan fingerprint density at radius 2 is 0.925 bits per heavy atom. The fourth-order valence-corrected chi connectivity index (χ4v) is 8.67. The number of para-hydroxylation sites is 3. The van der Waals surface area contributed by atoms with Gasteiger partial charge in [0.25, 0.3) is 0 Å². The van der Waals surface area contributed by atoms with Crippen molar-refractivity contribution in [1.29, 1.82) is 0 Å². The first-order valence-electron chi connectivity index (χ1n) is 17.9. The predicted molar refractivity (Wildman–Crippen MR) is 218 cm³/mol. The van der Waals surface area contributed by atoms with Gasteiger partial charge in [-0.25, -0.2) is 4.98 Å². The zero-order valence-corrected chi connectivity index (χ0v) is 28.4. The standard InChI is InChI=1S/C48H28N4O/c1-2-12-31(13-3-1)51-40-20-10-8-16-34(40)38-26-29(22-24-42(38)51)30-23-25-43-39(27-30)35-17-9-11-21-41(35)52(43)44-28-49-46-45-36-18-6-4-14-32(36)33-15-5-7-19-37(33)47(45)53-48(46)50-44/h1-28H. The largest absolute Gasteiger partial charge is 0.436 e. The van der Waals surface area contributed by atoms with Crippen LogP contribution < -0.4 is 0 Å². The molecule has 246 valence electrons. The number of furan rings is 1.